The molecule has 1 aliphatic heterocycles. The van der Waals surface area contributed by atoms with Gasteiger partial charge in [-0.05, 0) is 36.4 Å². The molecule has 0 aliphatic carbocycles. The topological polar surface area (TPSA) is 59.1 Å². The molecule has 2 aromatic carbocycles. The SMILES string of the molecule is COc1ccc(Br)cc1/C=C/C(=O)OCC(=O)N1CCN(c2ccccc2)CC1. The van der Waals surface area contributed by atoms with E-state index in [1.54, 1.807) is 24.2 Å². The van der Waals surface area contributed by atoms with E-state index in [-0.39, 0.29) is 12.5 Å². The number of ether oxygens (including phenoxy) is 2. The number of carbonyl (C=O) groups is 2. The van der Waals surface area contributed by atoms with Gasteiger partial charge in [-0.3, -0.25) is 4.79 Å². The van der Waals surface area contributed by atoms with E-state index in [9.17, 15) is 9.59 Å². The standard InChI is InChI=1S/C22H23BrN2O4/c1-28-20-9-8-18(23)15-17(20)7-10-22(27)29-16-21(26)25-13-11-24(12-14-25)19-5-3-2-4-6-19/h2-10,15H,11-14,16H2,1H3/b10-7+. The van der Waals surface area contributed by atoms with E-state index >= 15 is 0 Å². The molecule has 0 radical (unpaired) electrons. The molecular weight excluding hydrogens is 436 g/mol. The van der Waals surface area contributed by atoms with Crippen molar-refractivity contribution >= 4 is 39.6 Å². The van der Waals surface area contributed by atoms with Crippen LogP contribution < -0.4 is 9.64 Å². The molecule has 29 heavy (non-hydrogen) atoms. The zero-order valence-corrected chi connectivity index (χ0v) is 17.8. The molecule has 1 heterocycles. The highest BCUT2D eigenvalue weighted by molar-refractivity contribution is 9.10. The second-order valence-corrected chi connectivity index (χ2v) is 7.45. The van der Waals surface area contributed by atoms with Gasteiger partial charge in [0, 0.05) is 48.0 Å². The predicted molar refractivity (Wildman–Crippen MR) is 116 cm³/mol. The molecule has 2 aromatic rings. The first kappa shape index (κ1) is 20.9. The first-order chi connectivity index (χ1) is 14.1. The smallest absolute Gasteiger partial charge is 0.331 e. The van der Waals surface area contributed by atoms with Crippen molar-refractivity contribution in [2.24, 2.45) is 0 Å². The van der Waals surface area contributed by atoms with Crippen molar-refractivity contribution in [2.45, 2.75) is 0 Å². The van der Waals surface area contributed by atoms with Crippen molar-refractivity contribution in [3.05, 3.63) is 64.6 Å². The molecule has 0 unspecified atom stereocenters. The normalized spacial score (nSPS) is 14.1. The molecule has 0 aromatic heterocycles. The largest absolute Gasteiger partial charge is 0.496 e. The average Bonchev–Trinajstić information content (AvgIpc) is 2.77. The first-order valence-electron chi connectivity index (χ1n) is 9.33. The van der Waals surface area contributed by atoms with Crippen molar-refractivity contribution in [1.29, 1.82) is 0 Å². The van der Waals surface area contributed by atoms with E-state index < -0.39 is 5.97 Å². The highest BCUT2D eigenvalue weighted by Gasteiger charge is 2.21. The Bertz CT molecular complexity index is 878. The number of carbonyl (C=O) groups excluding carboxylic acids is 2. The minimum Gasteiger partial charge on any atom is -0.496 e. The molecule has 7 heteroatoms. The summed E-state index contributed by atoms with van der Waals surface area (Å²) in [5.74, 6) is -0.104. The van der Waals surface area contributed by atoms with E-state index in [1.807, 2.05) is 30.3 Å². The average molecular weight is 459 g/mol. The summed E-state index contributed by atoms with van der Waals surface area (Å²) >= 11 is 3.39. The van der Waals surface area contributed by atoms with Crippen LogP contribution in [0.1, 0.15) is 5.56 Å². The van der Waals surface area contributed by atoms with Crippen LogP contribution in [0.3, 0.4) is 0 Å². The first-order valence-corrected chi connectivity index (χ1v) is 10.1. The summed E-state index contributed by atoms with van der Waals surface area (Å²) in [6.45, 7) is 2.47. The third kappa shape index (κ3) is 5.84. The third-order valence-electron chi connectivity index (χ3n) is 4.68. The summed E-state index contributed by atoms with van der Waals surface area (Å²) in [4.78, 5) is 28.3. The number of piperazine rings is 1. The molecule has 0 N–H and O–H groups in total. The molecule has 0 atom stereocenters. The zero-order valence-electron chi connectivity index (χ0n) is 16.2. The summed E-state index contributed by atoms with van der Waals surface area (Å²) in [7, 11) is 1.56. The number of para-hydroxylation sites is 1. The van der Waals surface area contributed by atoms with Crippen LogP contribution in [0, 0.1) is 0 Å². The summed E-state index contributed by atoms with van der Waals surface area (Å²) in [5.41, 5.74) is 1.89. The molecule has 152 valence electrons. The maximum atomic E-state index is 12.3. The van der Waals surface area contributed by atoms with Crippen LogP contribution in [0.25, 0.3) is 6.08 Å². The molecule has 3 rings (SSSR count). The van der Waals surface area contributed by atoms with E-state index in [4.69, 9.17) is 9.47 Å². The fourth-order valence-corrected chi connectivity index (χ4v) is 3.50. The van der Waals surface area contributed by atoms with Crippen LogP contribution in [-0.2, 0) is 14.3 Å². The van der Waals surface area contributed by atoms with Gasteiger partial charge < -0.3 is 19.3 Å². The molecular formula is C22H23BrN2O4. The Morgan fingerprint density at radius 1 is 1.07 bits per heavy atom. The fraction of sp³-hybridized carbons (Fsp3) is 0.273. The number of amides is 1. The Hall–Kier alpha value is -2.80. The number of methoxy groups -OCH3 is 1. The Morgan fingerprint density at radius 3 is 2.48 bits per heavy atom. The van der Waals surface area contributed by atoms with Gasteiger partial charge in [-0.15, -0.1) is 0 Å². The Labute approximate surface area is 178 Å². The van der Waals surface area contributed by atoms with Gasteiger partial charge >= 0.3 is 5.97 Å². The van der Waals surface area contributed by atoms with E-state index in [0.29, 0.717) is 18.8 Å². The molecule has 1 saturated heterocycles. The summed E-state index contributed by atoms with van der Waals surface area (Å²) < 4.78 is 11.2. The molecule has 6 nitrogen and oxygen atoms in total. The van der Waals surface area contributed by atoms with Crippen molar-refractivity contribution in [3.63, 3.8) is 0 Å². The van der Waals surface area contributed by atoms with Crippen molar-refractivity contribution in [3.8, 4) is 5.75 Å². The van der Waals surface area contributed by atoms with Crippen molar-refractivity contribution in [2.75, 3.05) is 44.8 Å². The molecule has 1 aliphatic rings. The van der Waals surface area contributed by atoms with Crippen LogP contribution in [0.15, 0.2) is 59.1 Å². The number of rotatable bonds is 6. The highest BCUT2D eigenvalue weighted by atomic mass is 79.9. The summed E-state index contributed by atoms with van der Waals surface area (Å²) in [6, 6.07) is 15.6. The number of esters is 1. The number of anilines is 1. The predicted octanol–water partition coefficient (Wildman–Crippen LogP) is 3.36. The monoisotopic (exact) mass is 458 g/mol. The quantitative estimate of drug-likeness (QED) is 0.490. The fourth-order valence-electron chi connectivity index (χ4n) is 3.12. The second-order valence-electron chi connectivity index (χ2n) is 6.53. The van der Waals surface area contributed by atoms with Crippen LogP contribution in [0.5, 0.6) is 5.75 Å². The number of nitrogens with zero attached hydrogens (tertiary/aromatic N) is 2. The Balaban J connectivity index is 1.46. The van der Waals surface area contributed by atoms with Gasteiger partial charge in [-0.1, -0.05) is 34.1 Å². The minimum atomic E-state index is -0.566. The molecule has 1 amide bonds. The third-order valence-corrected chi connectivity index (χ3v) is 5.18. The van der Waals surface area contributed by atoms with Gasteiger partial charge in [0.2, 0.25) is 0 Å². The van der Waals surface area contributed by atoms with E-state index in [1.165, 1.54) is 6.08 Å². The highest BCUT2D eigenvalue weighted by Crippen LogP contribution is 2.24. The number of hydrogen-bond acceptors (Lipinski definition) is 5. The summed E-state index contributed by atoms with van der Waals surface area (Å²) in [6.07, 6.45) is 2.90. The number of benzene rings is 2. The summed E-state index contributed by atoms with van der Waals surface area (Å²) in [5, 5.41) is 0. The molecule has 0 saturated carbocycles. The van der Waals surface area contributed by atoms with Gasteiger partial charge in [-0.25, -0.2) is 4.79 Å². The maximum absolute atomic E-state index is 12.3. The Kier molecular flexibility index (Phi) is 7.30. The number of hydrogen-bond donors (Lipinski definition) is 0. The lowest BCUT2D eigenvalue weighted by molar-refractivity contribution is -0.148. The van der Waals surface area contributed by atoms with Gasteiger partial charge in [0.1, 0.15) is 5.75 Å². The second kappa shape index (κ2) is 10.1. The van der Waals surface area contributed by atoms with Crippen LogP contribution in [-0.4, -0.2) is 56.7 Å². The Morgan fingerprint density at radius 2 is 1.79 bits per heavy atom. The van der Waals surface area contributed by atoms with E-state index in [0.717, 1.165) is 28.8 Å². The van der Waals surface area contributed by atoms with Gasteiger partial charge in [0.25, 0.3) is 5.91 Å². The maximum Gasteiger partial charge on any atom is 0.331 e. The molecule has 0 bridgehead atoms. The van der Waals surface area contributed by atoms with Gasteiger partial charge in [0.15, 0.2) is 6.61 Å². The van der Waals surface area contributed by atoms with Gasteiger partial charge in [0.05, 0.1) is 7.11 Å². The van der Waals surface area contributed by atoms with Crippen LogP contribution in [0.2, 0.25) is 0 Å². The van der Waals surface area contributed by atoms with Crippen molar-refractivity contribution < 1.29 is 19.1 Å². The number of halogens is 1. The van der Waals surface area contributed by atoms with Crippen LogP contribution in [0.4, 0.5) is 5.69 Å². The lowest BCUT2D eigenvalue weighted by atomic mass is 10.2. The zero-order chi connectivity index (χ0) is 20.6. The minimum absolute atomic E-state index is 0.181. The van der Waals surface area contributed by atoms with Gasteiger partial charge in [-0.2, -0.15) is 0 Å². The lowest BCUT2D eigenvalue weighted by Crippen LogP contribution is -2.49. The molecule has 0 spiro atoms. The van der Waals surface area contributed by atoms with Crippen LogP contribution >= 0.6 is 15.9 Å². The lowest BCUT2D eigenvalue weighted by Gasteiger charge is -2.36. The van der Waals surface area contributed by atoms with E-state index in [2.05, 4.69) is 33.0 Å². The van der Waals surface area contributed by atoms with Crippen molar-refractivity contribution in [1.82, 2.24) is 4.90 Å². The molecule has 1 fully saturated rings.